The van der Waals surface area contributed by atoms with E-state index in [1.165, 1.54) is 0 Å². The second-order valence-corrected chi connectivity index (χ2v) is 7.88. The summed E-state index contributed by atoms with van der Waals surface area (Å²) in [4.78, 5) is 25.5. The molecule has 0 radical (unpaired) electrons. The zero-order valence-corrected chi connectivity index (χ0v) is 14.7. The zero-order chi connectivity index (χ0) is 16.6. The van der Waals surface area contributed by atoms with Gasteiger partial charge >= 0.3 is 5.97 Å². The van der Waals surface area contributed by atoms with Gasteiger partial charge in [-0.25, -0.2) is 0 Å². The molecule has 3 rings (SSSR count). The molecule has 1 aliphatic heterocycles. The Labute approximate surface area is 149 Å². The van der Waals surface area contributed by atoms with Gasteiger partial charge in [0.1, 0.15) is 0 Å². The molecule has 1 saturated heterocycles. The van der Waals surface area contributed by atoms with Crippen LogP contribution in [0.4, 0.5) is 0 Å². The number of hydrogen-bond acceptors (Lipinski definition) is 3. The molecule has 1 N–H and O–H groups in total. The van der Waals surface area contributed by atoms with Crippen LogP contribution in [0.25, 0.3) is 0 Å². The highest BCUT2D eigenvalue weighted by atomic mass is 35.5. The molecular weight excluding hydrogens is 357 g/mol. The van der Waals surface area contributed by atoms with Crippen molar-refractivity contribution in [2.45, 2.75) is 24.8 Å². The standard InChI is InChI=1S/C16H17Cl2NO3S/c17-13-3-1-2-10(15(13)18)11-7-12(11)16(22)19-4-5-23-8-9(19)6-14(20)21/h1-3,9,11-12H,4-8H2,(H,20,21). The summed E-state index contributed by atoms with van der Waals surface area (Å²) in [6.45, 7) is 0.619. The Balaban J connectivity index is 1.71. The molecule has 2 fully saturated rings. The van der Waals surface area contributed by atoms with Gasteiger partial charge in [-0.3, -0.25) is 9.59 Å². The third-order valence-corrected chi connectivity index (χ3v) is 6.33. The minimum absolute atomic E-state index is 0.00798. The number of halogens is 2. The molecule has 23 heavy (non-hydrogen) atoms. The first kappa shape index (κ1) is 16.9. The highest BCUT2D eigenvalue weighted by Crippen LogP contribution is 2.51. The van der Waals surface area contributed by atoms with Crippen molar-refractivity contribution >= 4 is 46.8 Å². The van der Waals surface area contributed by atoms with Crippen LogP contribution in [0.5, 0.6) is 0 Å². The van der Waals surface area contributed by atoms with Crippen molar-refractivity contribution in [2.24, 2.45) is 5.92 Å². The number of hydrogen-bond donors (Lipinski definition) is 1. The largest absolute Gasteiger partial charge is 0.481 e. The third kappa shape index (κ3) is 3.62. The molecule has 1 amide bonds. The minimum Gasteiger partial charge on any atom is -0.481 e. The number of thioether (sulfide) groups is 1. The van der Waals surface area contributed by atoms with Gasteiger partial charge in [0.2, 0.25) is 5.91 Å². The van der Waals surface area contributed by atoms with E-state index < -0.39 is 5.97 Å². The Bertz CT molecular complexity index is 640. The lowest BCUT2D eigenvalue weighted by molar-refractivity contribution is -0.140. The average Bonchev–Trinajstić information content (AvgIpc) is 3.30. The number of benzene rings is 1. The number of carboxylic acids is 1. The third-order valence-electron chi connectivity index (χ3n) is 4.41. The molecule has 1 saturated carbocycles. The van der Waals surface area contributed by atoms with E-state index in [9.17, 15) is 9.59 Å². The molecule has 0 aromatic heterocycles. The summed E-state index contributed by atoms with van der Waals surface area (Å²) in [7, 11) is 0. The van der Waals surface area contributed by atoms with Gasteiger partial charge in [0.15, 0.2) is 0 Å². The Morgan fingerprint density at radius 2 is 2.13 bits per heavy atom. The Morgan fingerprint density at radius 1 is 1.35 bits per heavy atom. The smallest absolute Gasteiger partial charge is 0.305 e. The summed E-state index contributed by atoms with van der Waals surface area (Å²) in [5.41, 5.74) is 0.915. The van der Waals surface area contributed by atoms with Gasteiger partial charge in [0.05, 0.1) is 22.5 Å². The van der Waals surface area contributed by atoms with Gasteiger partial charge in [-0.2, -0.15) is 11.8 Å². The maximum atomic E-state index is 12.8. The average molecular weight is 374 g/mol. The van der Waals surface area contributed by atoms with Crippen LogP contribution >= 0.6 is 35.0 Å². The highest BCUT2D eigenvalue weighted by molar-refractivity contribution is 7.99. The second kappa shape index (κ2) is 6.91. The zero-order valence-electron chi connectivity index (χ0n) is 12.4. The van der Waals surface area contributed by atoms with E-state index in [0.717, 1.165) is 17.7 Å². The van der Waals surface area contributed by atoms with Crippen LogP contribution in [0, 0.1) is 5.92 Å². The Hall–Kier alpha value is -0.910. The quantitative estimate of drug-likeness (QED) is 0.876. The second-order valence-electron chi connectivity index (χ2n) is 5.95. The molecule has 7 heteroatoms. The molecule has 0 bridgehead atoms. The van der Waals surface area contributed by atoms with Crippen molar-refractivity contribution in [3.63, 3.8) is 0 Å². The molecule has 1 heterocycles. The van der Waals surface area contributed by atoms with E-state index in [1.54, 1.807) is 22.7 Å². The molecular formula is C16H17Cl2NO3S. The van der Waals surface area contributed by atoms with Crippen LogP contribution in [0.3, 0.4) is 0 Å². The number of aliphatic carboxylic acids is 1. The lowest BCUT2D eigenvalue weighted by Crippen LogP contribution is -2.47. The van der Waals surface area contributed by atoms with Crippen LogP contribution in [0.1, 0.15) is 24.3 Å². The monoisotopic (exact) mass is 373 g/mol. The maximum Gasteiger partial charge on any atom is 0.305 e. The van der Waals surface area contributed by atoms with Gasteiger partial charge in [0, 0.05) is 24.0 Å². The van der Waals surface area contributed by atoms with E-state index in [0.29, 0.717) is 22.3 Å². The van der Waals surface area contributed by atoms with Gasteiger partial charge in [-0.15, -0.1) is 0 Å². The number of carbonyl (C=O) groups excluding carboxylic acids is 1. The topological polar surface area (TPSA) is 57.6 Å². The van der Waals surface area contributed by atoms with Crippen molar-refractivity contribution in [1.29, 1.82) is 0 Å². The highest BCUT2D eigenvalue weighted by Gasteiger charge is 2.48. The molecule has 3 atom stereocenters. The molecule has 0 spiro atoms. The molecule has 124 valence electrons. The van der Waals surface area contributed by atoms with Crippen molar-refractivity contribution in [3.8, 4) is 0 Å². The van der Waals surface area contributed by atoms with E-state index in [-0.39, 0.29) is 30.2 Å². The first-order valence-corrected chi connectivity index (χ1v) is 9.44. The predicted octanol–water partition coefficient (Wildman–Crippen LogP) is 3.52. The SMILES string of the molecule is O=C(O)CC1CSCCN1C(=O)C1CC1c1cccc(Cl)c1Cl. The molecule has 1 aliphatic carbocycles. The fourth-order valence-electron chi connectivity index (χ4n) is 3.15. The van der Waals surface area contributed by atoms with Gasteiger partial charge in [0.25, 0.3) is 0 Å². The van der Waals surface area contributed by atoms with Gasteiger partial charge < -0.3 is 10.0 Å². The fraction of sp³-hybridized carbons (Fsp3) is 0.500. The fourth-order valence-corrected chi connectivity index (χ4v) is 4.66. The van der Waals surface area contributed by atoms with E-state index in [4.69, 9.17) is 28.3 Å². The van der Waals surface area contributed by atoms with Gasteiger partial charge in [-0.1, -0.05) is 35.3 Å². The summed E-state index contributed by atoms with van der Waals surface area (Å²) in [5, 5.41) is 10.1. The number of nitrogens with zero attached hydrogens (tertiary/aromatic N) is 1. The first-order chi connectivity index (χ1) is 11.0. The summed E-state index contributed by atoms with van der Waals surface area (Å²) in [6, 6.07) is 5.27. The summed E-state index contributed by atoms with van der Waals surface area (Å²) in [6.07, 6.45) is 0.760. The Kier molecular flexibility index (Phi) is 5.09. The van der Waals surface area contributed by atoms with Crippen LogP contribution in [0.2, 0.25) is 10.0 Å². The van der Waals surface area contributed by atoms with E-state index in [1.807, 2.05) is 12.1 Å². The number of amides is 1. The molecule has 1 aromatic rings. The molecule has 2 aliphatic rings. The maximum absolute atomic E-state index is 12.8. The minimum atomic E-state index is -0.861. The van der Waals surface area contributed by atoms with Crippen LogP contribution < -0.4 is 0 Å². The number of carbonyl (C=O) groups is 2. The van der Waals surface area contributed by atoms with Crippen molar-refractivity contribution in [1.82, 2.24) is 4.90 Å². The van der Waals surface area contributed by atoms with Crippen molar-refractivity contribution in [3.05, 3.63) is 33.8 Å². The van der Waals surface area contributed by atoms with Gasteiger partial charge in [-0.05, 0) is 24.0 Å². The van der Waals surface area contributed by atoms with E-state index >= 15 is 0 Å². The molecule has 1 aromatic carbocycles. The van der Waals surface area contributed by atoms with Crippen LogP contribution in [0.15, 0.2) is 18.2 Å². The first-order valence-electron chi connectivity index (χ1n) is 7.53. The normalized spacial score (nSPS) is 26.9. The van der Waals surface area contributed by atoms with Crippen LogP contribution in [-0.2, 0) is 9.59 Å². The number of rotatable bonds is 4. The van der Waals surface area contributed by atoms with E-state index in [2.05, 4.69) is 0 Å². The lowest BCUT2D eigenvalue weighted by Gasteiger charge is -2.35. The van der Waals surface area contributed by atoms with Crippen molar-refractivity contribution < 1.29 is 14.7 Å². The summed E-state index contributed by atoms with van der Waals surface area (Å²) < 4.78 is 0. The lowest BCUT2D eigenvalue weighted by atomic mass is 10.1. The summed E-state index contributed by atoms with van der Waals surface area (Å²) >= 11 is 14.0. The predicted molar refractivity (Wildman–Crippen MR) is 92.4 cm³/mol. The molecule has 3 unspecified atom stereocenters. The Morgan fingerprint density at radius 3 is 2.87 bits per heavy atom. The van der Waals surface area contributed by atoms with Crippen LogP contribution in [-0.4, -0.2) is 46.0 Å². The summed E-state index contributed by atoms with van der Waals surface area (Å²) in [5.74, 6) is 0.724. The van der Waals surface area contributed by atoms with Crippen molar-refractivity contribution in [2.75, 3.05) is 18.1 Å². The number of carboxylic acid groups (broad SMARTS) is 1. The molecule has 4 nitrogen and oxygen atoms in total.